The number of alkyl halides is 1. The first kappa shape index (κ1) is 39.4. The molecule has 0 bridgehead atoms. The van der Waals surface area contributed by atoms with E-state index in [1.165, 1.54) is 0 Å². The van der Waals surface area contributed by atoms with E-state index in [4.69, 9.17) is 40.5 Å². The van der Waals surface area contributed by atoms with Gasteiger partial charge in [0, 0.05) is 57.3 Å². The number of aliphatic hydroxyl groups is 2. The Morgan fingerprint density at radius 3 is 2.63 bits per heavy atom. The van der Waals surface area contributed by atoms with Crippen molar-refractivity contribution in [1.29, 1.82) is 0 Å². The van der Waals surface area contributed by atoms with Crippen molar-refractivity contribution in [2.75, 3.05) is 71.7 Å². The normalized spacial score (nSPS) is 27.1. The van der Waals surface area contributed by atoms with Crippen LogP contribution in [-0.4, -0.2) is 115 Å². The maximum absolute atomic E-state index is 13.9. The number of ether oxygens (including phenoxy) is 4. The largest absolute Gasteiger partial charge is 0.492 e. The van der Waals surface area contributed by atoms with Crippen LogP contribution in [-0.2, 0) is 14.3 Å². The first-order chi connectivity index (χ1) is 25.0. The quantitative estimate of drug-likeness (QED) is 0.0478. The molecule has 5 rings (SSSR count). The number of unbranched alkanes of at least 4 members (excludes halogenated alkanes) is 2. The Bertz CT molecular complexity index is 1360. The van der Waals surface area contributed by atoms with Crippen molar-refractivity contribution in [3.05, 3.63) is 48.1 Å². The molecular weight excluding hydrogens is 674 g/mol. The molecule has 51 heavy (non-hydrogen) atoms. The van der Waals surface area contributed by atoms with E-state index in [-0.39, 0.29) is 56.0 Å². The van der Waals surface area contributed by atoms with Crippen molar-refractivity contribution in [3.8, 4) is 11.5 Å². The number of carbonyl (C=O) groups excluding carboxylic acids is 1. The monoisotopic (exact) mass is 731 g/mol. The number of halogens is 1. The number of allylic oxidation sites excluding steroid dienone is 1. The van der Waals surface area contributed by atoms with Gasteiger partial charge in [-0.3, -0.25) is 9.80 Å². The van der Waals surface area contributed by atoms with Gasteiger partial charge in [0.05, 0.1) is 24.1 Å². The summed E-state index contributed by atoms with van der Waals surface area (Å²) in [5.41, 5.74) is 2.81. The number of carbonyl (C=O) groups is 1. The number of fused-ring (bicyclic) bond motifs is 2. The number of hydrogen-bond acceptors (Lipinski definition) is 10. The van der Waals surface area contributed by atoms with Crippen LogP contribution in [0, 0.1) is 17.8 Å². The Morgan fingerprint density at radius 2 is 1.94 bits per heavy atom. The minimum Gasteiger partial charge on any atom is -0.492 e. The second-order valence-electron chi connectivity index (χ2n) is 13.9. The van der Waals surface area contributed by atoms with Gasteiger partial charge in [0.15, 0.2) is 0 Å². The number of rotatable bonds is 22. The van der Waals surface area contributed by atoms with Crippen LogP contribution in [0.4, 0.5) is 4.79 Å². The van der Waals surface area contributed by atoms with Gasteiger partial charge in [-0.1, -0.05) is 37.1 Å². The van der Waals surface area contributed by atoms with Gasteiger partial charge in [-0.05, 0) is 74.6 Å². The Labute approximate surface area is 308 Å². The lowest BCUT2D eigenvalue weighted by Gasteiger charge is -2.59. The minimum atomic E-state index is -1.31. The molecule has 12 heteroatoms. The first-order valence-corrected chi connectivity index (χ1v) is 19.5. The average Bonchev–Trinajstić information content (AvgIpc) is 3.97. The summed E-state index contributed by atoms with van der Waals surface area (Å²) in [5.74, 6) is 0.170. The highest BCUT2D eigenvalue weighted by Gasteiger charge is 2.65. The van der Waals surface area contributed by atoms with Gasteiger partial charge in [-0.15, -0.1) is 18.2 Å². The lowest BCUT2D eigenvalue weighted by Crippen LogP contribution is -2.70. The smallest absolute Gasteiger partial charge is 0.410 e. The van der Waals surface area contributed by atoms with Crippen LogP contribution in [0.25, 0.3) is 0 Å². The van der Waals surface area contributed by atoms with Crippen molar-refractivity contribution in [3.63, 3.8) is 0 Å². The van der Waals surface area contributed by atoms with Crippen LogP contribution in [0.1, 0.15) is 76.7 Å². The summed E-state index contributed by atoms with van der Waals surface area (Å²) in [5, 5.41) is 24.3. The molecule has 1 aromatic rings. The molecular formula is C39H58ClN3O8. The van der Waals surface area contributed by atoms with Gasteiger partial charge in [0.25, 0.3) is 0 Å². The molecule has 2 fully saturated rings. The zero-order valence-electron chi connectivity index (χ0n) is 30.5. The summed E-state index contributed by atoms with van der Waals surface area (Å²) >= 11 is 5.97. The van der Waals surface area contributed by atoms with Crippen molar-refractivity contribution in [2.24, 2.45) is 22.9 Å². The molecule has 1 saturated carbocycles. The minimum absolute atomic E-state index is 0.0810. The van der Waals surface area contributed by atoms with E-state index >= 15 is 0 Å². The number of nitrogens with zero attached hydrogens (tertiary/aromatic N) is 3. The lowest BCUT2D eigenvalue weighted by molar-refractivity contribution is -0.255. The van der Waals surface area contributed by atoms with E-state index < -0.39 is 17.9 Å². The van der Waals surface area contributed by atoms with Crippen LogP contribution in [0.15, 0.2) is 47.7 Å². The maximum atomic E-state index is 13.9. The third-order valence-electron chi connectivity index (χ3n) is 10.5. The molecule has 6 atom stereocenters. The van der Waals surface area contributed by atoms with Crippen molar-refractivity contribution < 1.29 is 38.8 Å². The van der Waals surface area contributed by atoms with Crippen molar-refractivity contribution in [1.82, 2.24) is 9.80 Å². The second-order valence-corrected chi connectivity index (χ2v) is 14.3. The van der Waals surface area contributed by atoms with Crippen molar-refractivity contribution >= 4 is 23.4 Å². The van der Waals surface area contributed by atoms with Crippen LogP contribution in [0.3, 0.4) is 0 Å². The van der Waals surface area contributed by atoms with E-state index in [0.29, 0.717) is 44.8 Å². The molecule has 2 aliphatic carbocycles. The van der Waals surface area contributed by atoms with Crippen LogP contribution in [0.2, 0.25) is 0 Å². The summed E-state index contributed by atoms with van der Waals surface area (Å²) < 4.78 is 26.1. The number of amides is 1. The van der Waals surface area contributed by atoms with Gasteiger partial charge in [0.2, 0.25) is 5.79 Å². The van der Waals surface area contributed by atoms with E-state index in [1.54, 1.807) is 11.0 Å². The number of hydrogen-bond donors (Lipinski definition) is 2. The second kappa shape index (κ2) is 19.3. The highest BCUT2D eigenvalue weighted by atomic mass is 35.5. The van der Waals surface area contributed by atoms with Crippen LogP contribution >= 0.6 is 11.6 Å². The van der Waals surface area contributed by atoms with E-state index in [2.05, 4.69) is 23.6 Å². The van der Waals surface area contributed by atoms with Crippen LogP contribution in [0.5, 0.6) is 11.5 Å². The Balaban J connectivity index is 1.72. The summed E-state index contributed by atoms with van der Waals surface area (Å²) in [7, 11) is 0. The molecule has 0 unspecified atom stereocenters. The molecule has 2 N–H and O–H groups in total. The van der Waals surface area contributed by atoms with Gasteiger partial charge in [0.1, 0.15) is 37.4 Å². The van der Waals surface area contributed by atoms with E-state index in [0.717, 1.165) is 74.3 Å². The summed E-state index contributed by atoms with van der Waals surface area (Å²) in [6.45, 7) is 13.0. The predicted molar refractivity (Wildman–Crippen MR) is 198 cm³/mol. The van der Waals surface area contributed by atoms with E-state index in [1.807, 2.05) is 26.0 Å². The molecule has 0 spiro atoms. The molecule has 4 aliphatic rings. The molecule has 11 nitrogen and oxygen atoms in total. The molecule has 0 radical (unpaired) electrons. The molecule has 0 aromatic heterocycles. The molecule has 2 heterocycles. The standard InChI is InChI=1S/C39H58ClN3O8/c1-4-16-43(38(46)48-23-15-40)35-27-33(41-50-6-3)31-25-28(11-7-9-20-44)30(12-8-10-21-45)36-32-26-29(47-24-19-42-17-18-42)13-14-34(32)51-39(35,37(31)36)49-22-5-2/h5,13-14,25-26,28,30,35-37,44-45H,2,4,6-12,15-24,27H2,1,3H3/t28-,30+,35-,36+,37+,39+/m0/s1. The Morgan fingerprint density at radius 1 is 1.16 bits per heavy atom. The number of aliphatic hydroxyl groups excluding tert-OH is 2. The fraction of sp³-hybridized carbons (Fsp3) is 0.692. The van der Waals surface area contributed by atoms with E-state index in [9.17, 15) is 15.0 Å². The SMILES string of the molecule is C=CCO[C@@]12Oc3ccc(OCCN4CC4)cc3[C@H]3[C@H](CCCCO)[C@@H](CCCCO)C=C(C(=NOCC)C[C@@H]1N(CCC)C(=O)OCCCl)[C@H]32. The fourth-order valence-electron chi connectivity index (χ4n) is 8.29. The zero-order valence-corrected chi connectivity index (χ0v) is 31.2. The van der Waals surface area contributed by atoms with Gasteiger partial charge >= 0.3 is 6.09 Å². The highest BCUT2D eigenvalue weighted by molar-refractivity contribution is 6.18. The highest BCUT2D eigenvalue weighted by Crippen LogP contribution is 2.62. The number of oxime groups is 1. The Kier molecular flexibility index (Phi) is 14.9. The summed E-state index contributed by atoms with van der Waals surface area (Å²) in [6.07, 6.45) is 9.49. The van der Waals surface area contributed by atoms with Crippen LogP contribution < -0.4 is 9.47 Å². The molecule has 1 amide bonds. The third-order valence-corrected chi connectivity index (χ3v) is 10.7. The molecule has 1 aromatic carbocycles. The van der Waals surface area contributed by atoms with Gasteiger partial charge in [-0.2, -0.15) is 0 Å². The lowest BCUT2D eigenvalue weighted by atomic mass is 9.55. The number of benzene rings is 1. The van der Waals surface area contributed by atoms with Gasteiger partial charge < -0.3 is 34.0 Å². The fourth-order valence-corrected chi connectivity index (χ4v) is 8.37. The summed E-state index contributed by atoms with van der Waals surface area (Å²) in [4.78, 5) is 23.7. The molecule has 2 aliphatic heterocycles. The Hall–Kier alpha value is -2.83. The third kappa shape index (κ3) is 9.22. The van der Waals surface area contributed by atoms with Gasteiger partial charge in [-0.25, -0.2) is 4.79 Å². The maximum Gasteiger partial charge on any atom is 0.410 e. The molecule has 284 valence electrons. The zero-order chi connectivity index (χ0) is 36.2. The topological polar surface area (TPSA) is 122 Å². The summed E-state index contributed by atoms with van der Waals surface area (Å²) in [6, 6.07) is 5.45. The van der Waals surface area contributed by atoms with Crippen molar-refractivity contribution in [2.45, 2.75) is 83.0 Å². The predicted octanol–water partition coefficient (Wildman–Crippen LogP) is 6.12. The average molecular weight is 732 g/mol. The first-order valence-electron chi connectivity index (χ1n) is 19.0. The molecule has 1 saturated heterocycles.